The summed E-state index contributed by atoms with van der Waals surface area (Å²) in [5.41, 5.74) is 3.93. The molecule has 3 aromatic rings. The summed E-state index contributed by atoms with van der Waals surface area (Å²) >= 11 is 0. The van der Waals surface area contributed by atoms with Crippen molar-refractivity contribution >= 4 is 16.7 Å². The molecule has 0 saturated heterocycles. The summed E-state index contributed by atoms with van der Waals surface area (Å²) in [4.78, 5) is 18.7. The molecular formula is C25H27N3O4. The van der Waals surface area contributed by atoms with E-state index in [1.165, 1.54) is 0 Å². The molecule has 32 heavy (non-hydrogen) atoms. The van der Waals surface area contributed by atoms with Crippen LogP contribution in [0.5, 0.6) is 5.75 Å². The summed E-state index contributed by atoms with van der Waals surface area (Å²) in [7, 11) is 0. The Bertz CT molecular complexity index is 1200. The number of H-pyrrole nitrogens is 1. The van der Waals surface area contributed by atoms with E-state index in [2.05, 4.69) is 24.9 Å². The van der Waals surface area contributed by atoms with Crippen LogP contribution in [0.3, 0.4) is 0 Å². The number of carbonyl (C=O) groups is 1. The maximum atomic E-state index is 13.4. The number of nitrogens with one attached hydrogen (secondary N) is 1. The highest BCUT2D eigenvalue weighted by Gasteiger charge is 2.39. The van der Waals surface area contributed by atoms with Gasteiger partial charge in [-0.3, -0.25) is 9.69 Å². The number of ether oxygens (including phenoxy) is 1. The highest BCUT2D eigenvalue weighted by Crippen LogP contribution is 2.44. The number of hydrogen-bond donors (Lipinski definition) is 3. The van der Waals surface area contributed by atoms with Gasteiger partial charge >= 0.3 is 0 Å². The summed E-state index contributed by atoms with van der Waals surface area (Å²) < 4.78 is 5.94. The van der Waals surface area contributed by atoms with Gasteiger partial charge in [0.25, 0.3) is 0 Å². The SMILES string of the molecule is CC1(C)c2cc(OCCN(CCO)CCO)ccc2C(=O)c2c1[nH]c1cc(C#N)ccc21. The molecule has 2 aromatic carbocycles. The topological polar surface area (TPSA) is 110 Å². The average molecular weight is 434 g/mol. The van der Waals surface area contributed by atoms with Crippen LogP contribution in [0.15, 0.2) is 36.4 Å². The molecule has 0 unspecified atom stereocenters. The molecule has 0 saturated carbocycles. The zero-order chi connectivity index (χ0) is 22.9. The molecular weight excluding hydrogens is 406 g/mol. The summed E-state index contributed by atoms with van der Waals surface area (Å²) in [6.45, 7) is 6.14. The predicted molar refractivity (Wildman–Crippen MR) is 121 cm³/mol. The Hall–Kier alpha value is -3.18. The van der Waals surface area contributed by atoms with Gasteiger partial charge in [-0.2, -0.15) is 5.26 Å². The van der Waals surface area contributed by atoms with Crippen molar-refractivity contribution in [2.45, 2.75) is 19.3 Å². The van der Waals surface area contributed by atoms with E-state index >= 15 is 0 Å². The number of aliphatic hydroxyl groups is 2. The zero-order valence-electron chi connectivity index (χ0n) is 18.3. The zero-order valence-corrected chi connectivity index (χ0v) is 18.3. The maximum absolute atomic E-state index is 13.4. The van der Waals surface area contributed by atoms with E-state index < -0.39 is 5.41 Å². The molecule has 0 radical (unpaired) electrons. The van der Waals surface area contributed by atoms with E-state index in [1.807, 2.05) is 29.2 Å². The van der Waals surface area contributed by atoms with Crippen molar-refractivity contribution in [3.8, 4) is 11.8 Å². The molecule has 0 atom stereocenters. The van der Waals surface area contributed by atoms with E-state index in [0.717, 1.165) is 22.2 Å². The Labute approximate surface area is 186 Å². The normalized spacial score (nSPS) is 14.3. The molecule has 1 aliphatic rings. The van der Waals surface area contributed by atoms with E-state index in [-0.39, 0.29) is 19.0 Å². The van der Waals surface area contributed by atoms with Crippen LogP contribution in [0, 0.1) is 11.3 Å². The van der Waals surface area contributed by atoms with Gasteiger partial charge in [0.05, 0.1) is 30.4 Å². The minimum atomic E-state index is -0.455. The van der Waals surface area contributed by atoms with Crippen LogP contribution in [0.4, 0.5) is 0 Å². The minimum Gasteiger partial charge on any atom is -0.492 e. The Balaban J connectivity index is 1.63. The summed E-state index contributed by atoms with van der Waals surface area (Å²) in [6, 6.07) is 13.0. The van der Waals surface area contributed by atoms with Crippen molar-refractivity contribution in [3.05, 3.63) is 64.3 Å². The van der Waals surface area contributed by atoms with Crippen molar-refractivity contribution in [1.82, 2.24) is 9.88 Å². The molecule has 0 fully saturated rings. The van der Waals surface area contributed by atoms with Crippen LogP contribution in [-0.4, -0.2) is 65.3 Å². The van der Waals surface area contributed by atoms with E-state index in [1.54, 1.807) is 12.1 Å². The lowest BCUT2D eigenvalue weighted by molar-refractivity contribution is 0.103. The fourth-order valence-corrected chi connectivity index (χ4v) is 4.48. The highest BCUT2D eigenvalue weighted by molar-refractivity contribution is 6.20. The fraction of sp³-hybridized carbons (Fsp3) is 0.360. The van der Waals surface area contributed by atoms with Crippen molar-refractivity contribution < 1.29 is 19.7 Å². The molecule has 0 spiro atoms. The molecule has 7 heteroatoms. The van der Waals surface area contributed by atoms with Gasteiger partial charge in [0.2, 0.25) is 0 Å². The van der Waals surface area contributed by atoms with Gasteiger partial charge < -0.3 is 19.9 Å². The van der Waals surface area contributed by atoms with Gasteiger partial charge in [-0.25, -0.2) is 0 Å². The molecule has 4 rings (SSSR count). The lowest BCUT2D eigenvalue weighted by atomic mass is 9.71. The van der Waals surface area contributed by atoms with Gasteiger partial charge in [0.1, 0.15) is 12.4 Å². The van der Waals surface area contributed by atoms with E-state index in [9.17, 15) is 10.1 Å². The average Bonchev–Trinajstić information content (AvgIpc) is 3.18. The van der Waals surface area contributed by atoms with Crippen LogP contribution >= 0.6 is 0 Å². The molecule has 166 valence electrons. The van der Waals surface area contributed by atoms with Crippen molar-refractivity contribution in [2.24, 2.45) is 0 Å². The maximum Gasteiger partial charge on any atom is 0.195 e. The Morgan fingerprint density at radius 3 is 2.53 bits per heavy atom. The first kappa shape index (κ1) is 22.0. The minimum absolute atomic E-state index is 0.0256. The molecule has 1 heterocycles. The van der Waals surface area contributed by atoms with Gasteiger partial charge in [-0.15, -0.1) is 0 Å². The number of aliphatic hydroxyl groups excluding tert-OH is 2. The number of nitrogens with zero attached hydrogens (tertiary/aromatic N) is 2. The van der Waals surface area contributed by atoms with E-state index in [0.29, 0.717) is 48.7 Å². The smallest absolute Gasteiger partial charge is 0.195 e. The lowest BCUT2D eigenvalue weighted by Gasteiger charge is -2.32. The number of carbonyl (C=O) groups excluding carboxylic acids is 1. The third-order valence-electron chi connectivity index (χ3n) is 6.20. The molecule has 3 N–H and O–H groups in total. The number of fused-ring (bicyclic) bond motifs is 4. The third kappa shape index (κ3) is 3.78. The first-order valence-corrected chi connectivity index (χ1v) is 10.7. The number of ketones is 1. The van der Waals surface area contributed by atoms with Crippen LogP contribution in [0.1, 0.15) is 46.6 Å². The quantitative estimate of drug-likeness (QED) is 0.504. The predicted octanol–water partition coefficient (Wildman–Crippen LogP) is 2.58. The van der Waals surface area contributed by atoms with Crippen LogP contribution in [0.25, 0.3) is 10.9 Å². The van der Waals surface area contributed by atoms with Crippen LogP contribution in [-0.2, 0) is 5.41 Å². The number of aromatic nitrogens is 1. The summed E-state index contributed by atoms with van der Waals surface area (Å²) in [5.74, 6) is 0.637. The standard InChI is InChI=1S/C25H27N3O4/c1-25(2)20-14-17(32-12-9-28(7-10-29)8-11-30)4-6-18(20)23(31)22-19-5-3-16(15-26)13-21(19)27-24(22)25/h3-6,13-14,27,29-30H,7-12H2,1-2H3. The Morgan fingerprint density at radius 1 is 1.09 bits per heavy atom. The summed E-state index contributed by atoms with van der Waals surface area (Å²) in [6.07, 6.45) is 0. The van der Waals surface area contributed by atoms with Gasteiger partial charge in [-0.05, 0) is 35.9 Å². The molecule has 1 aliphatic carbocycles. The molecule has 0 bridgehead atoms. The second-order valence-electron chi connectivity index (χ2n) is 8.55. The van der Waals surface area contributed by atoms with Gasteiger partial charge in [-0.1, -0.05) is 19.9 Å². The van der Waals surface area contributed by atoms with Crippen molar-refractivity contribution in [1.29, 1.82) is 5.26 Å². The number of nitriles is 1. The fourth-order valence-electron chi connectivity index (χ4n) is 4.48. The molecule has 0 amide bonds. The second kappa shape index (κ2) is 8.75. The number of benzene rings is 2. The molecule has 1 aromatic heterocycles. The first-order chi connectivity index (χ1) is 15.4. The van der Waals surface area contributed by atoms with Crippen molar-refractivity contribution in [3.63, 3.8) is 0 Å². The number of aromatic amines is 1. The Kier molecular flexibility index (Phi) is 6.02. The van der Waals surface area contributed by atoms with Gasteiger partial charge in [0, 0.05) is 47.2 Å². The summed E-state index contributed by atoms with van der Waals surface area (Å²) in [5, 5.41) is 28.3. The molecule has 0 aliphatic heterocycles. The first-order valence-electron chi connectivity index (χ1n) is 10.7. The van der Waals surface area contributed by atoms with E-state index in [4.69, 9.17) is 14.9 Å². The largest absolute Gasteiger partial charge is 0.492 e. The van der Waals surface area contributed by atoms with Crippen LogP contribution < -0.4 is 4.74 Å². The number of rotatable bonds is 8. The molecule has 7 nitrogen and oxygen atoms in total. The third-order valence-corrected chi connectivity index (χ3v) is 6.20. The number of hydrogen-bond acceptors (Lipinski definition) is 6. The van der Waals surface area contributed by atoms with Gasteiger partial charge in [0.15, 0.2) is 5.78 Å². The van der Waals surface area contributed by atoms with Crippen molar-refractivity contribution in [2.75, 3.05) is 39.5 Å². The van der Waals surface area contributed by atoms with Crippen LogP contribution in [0.2, 0.25) is 0 Å². The highest BCUT2D eigenvalue weighted by atomic mass is 16.5. The second-order valence-corrected chi connectivity index (χ2v) is 8.55. The Morgan fingerprint density at radius 2 is 1.84 bits per heavy atom. The lowest BCUT2D eigenvalue weighted by Crippen LogP contribution is -2.33. The monoisotopic (exact) mass is 433 g/mol.